The summed E-state index contributed by atoms with van der Waals surface area (Å²) < 4.78 is 5.55. The average Bonchev–Trinajstić information content (AvgIpc) is 2.40. The largest absolute Gasteiger partial charge is 0.377 e. The van der Waals surface area contributed by atoms with Crippen LogP contribution >= 0.6 is 0 Å². The Labute approximate surface area is 122 Å². The summed E-state index contributed by atoms with van der Waals surface area (Å²) in [6.45, 7) is 11.0. The molecule has 0 atom stereocenters. The fourth-order valence-electron chi connectivity index (χ4n) is 2.14. The van der Waals surface area contributed by atoms with Crippen LogP contribution in [0.4, 0.5) is 0 Å². The van der Waals surface area contributed by atoms with Crippen molar-refractivity contribution in [1.29, 1.82) is 5.26 Å². The van der Waals surface area contributed by atoms with Crippen molar-refractivity contribution in [1.82, 2.24) is 10.2 Å². The van der Waals surface area contributed by atoms with Gasteiger partial charge in [-0.2, -0.15) is 5.26 Å². The van der Waals surface area contributed by atoms with Crippen molar-refractivity contribution in [3.63, 3.8) is 0 Å². The number of amides is 1. The first kappa shape index (κ1) is 16.9. The maximum atomic E-state index is 11.9. The predicted molar refractivity (Wildman–Crippen MR) is 78.1 cm³/mol. The molecule has 1 amide bonds. The van der Waals surface area contributed by atoms with Gasteiger partial charge in [0.15, 0.2) is 0 Å². The van der Waals surface area contributed by atoms with E-state index >= 15 is 0 Å². The van der Waals surface area contributed by atoms with Gasteiger partial charge in [0.1, 0.15) is 5.41 Å². The highest BCUT2D eigenvalue weighted by atomic mass is 16.5. The highest BCUT2D eigenvalue weighted by Crippen LogP contribution is 2.16. The summed E-state index contributed by atoms with van der Waals surface area (Å²) >= 11 is 0. The van der Waals surface area contributed by atoms with Crippen LogP contribution in [0.15, 0.2) is 0 Å². The molecule has 0 radical (unpaired) electrons. The minimum absolute atomic E-state index is 0.165. The van der Waals surface area contributed by atoms with Gasteiger partial charge in [0.25, 0.3) is 0 Å². The first-order valence-corrected chi connectivity index (χ1v) is 7.41. The molecule has 114 valence electrons. The van der Waals surface area contributed by atoms with Crippen LogP contribution < -0.4 is 5.32 Å². The first-order chi connectivity index (χ1) is 9.35. The van der Waals surface area contributed by atoms with E-state index in [4.69, 9.17) is 10.00 Å². The lowest BCUT2D eigenvalue weighted by Gasteiger charge is -2.33. The zero-order chi connectivity index (χ0) is 15.2. The number of rotatable bonds is 6. The number of hydrogen-bond donors (Lipinski definition) is 1. The number of ether oxygens (including phenoxy) is 1. The third kappa shape index (κ3) is 5.48. The molecule has 0 unspecified atom stereocenters. The van der Waals surface area contributed by atoms with Gasteiger partial charge in [-0.3, -0.25) is 4.79 Å². The van der Waals surface area contributed by atoms with Gasteiger partial charge in [0, 0.05) is 25.7 Å². The lowest BCUT2D eigenvalue weighted by Crippen LogP contribution is -2.48. The van der Waals surface area contributed by atoms with Crippen LogP contribution in [0.25, 0.3) is 0 Å². The third-order valence-electron chi connectivity index (χ3n) is 3.63. The zero-order valence-corrected chi connectivity index (χ0v) is 13.1. The number of hydrogen-bond acceptors (Lipinski definition) is 4. The smallest absolute Gasteiger partial charge is 0.240 e. The molecule has 1 N–H and O–H groups in total. The van der Waals surface area contributed by atoms with Gasteiger partial charge in [-0.1, -0.05) is 0 Å². The van der Waals surface area contributed by atoms with Gasteiger partial charge in [-0.15, -0.1) is 0 Å². The molecule has 0 aromatic carbocycles. The van der Waals surface area contributed by atoms with Crippen molar-refractivity contribution in [2.75, 3.05) is 26.2 Å². The molecule has 1 aliphatic heterocycles. The van der Waals surface area contributed by atoms with Crippen molar-refractivity contribution in [3.8, 4) is 6.07 Å². The molecule has 0 aromatic rings. The lowest BCUT2D eigenvalue weighted by molar-refractivity contribution is -0.127. The number of carbonyl (C=O) groups excluding carboxylic acids is 1. The number of likely N-dealkylation sites (tertiary alicyclic amines) is 1. The Balaban J connectivity index is 2.26. The third-order valence-corrected chi connectivity index (χ3v) is 3.63. The fourth-order valence-corrected chi connectivity index (χ4v) is 2.14. The molecule has 0 aliphatic carbocycles. The number of nitrogens with zero attached hydrogens (tertiary/aromatic N) is 2. The van der Waals surface area contributed by atoms with Crippen LogP contribution in [0.3, 0.4) is 0 Å². The normalized spacial score (nSPS) is 18.0. The van der Waals surface area contributed by atoms with Crippen LogP contribution in [0.2, 0.25) is 0 Å². The molecule has 0 saturated carbocycles. The average molecular weight is 281 g/mol. The van der Waals surface area contributed by atoms with Crippen molar-refractivity contribution in [2.24, 2.45) is 5.41 Å². The van der Waals surface area contributed by atoms with Crippen LogP contribution in [0, 0.1) is 16.7 Å². The van der Waals surface area contributed by atoms with Gasteiger partial charge in [-0.05, 0) is 40.5 Å². The molecule has 5 nitrogen and oxygen atoms in total. The quantitative estimate of drug-likeness (QED) is 0.802. The maximum absolute atomic E-state index is 11.9. The highest BCUT2D eigenvalue weighted by Gasteiger charge is 2.30. The summed E-state index contributed by atoms with van der Waals surface area (Å²) in [5, 5.41) is 11.9. The van der Waals surface area contributed by atoms with Crippen LogP contribution in [0.5, 0.6) is 0 Å². The fraction of sp³-hybridized carbons (Fsp3) is 0.867. The summed E-state index contributed by atoms with van der Waals surface area (Å²) in [5.41, 5.74) is -0.942. The van der Waals surface area contributed by atoms with E-state index in [1.807, 2.05) is 19.9 Å². The Morgan fingerprint density at radius 1 is 1.45 bits per heavy atom. The first-order valence-electron chi connectivity index (χ1n) is 7.41. The van der Waals surface area contributed by atoms with E-state index < -0.39 is 5.41 Å². The van der Waals surface area contributed by atoms with Crippen molar-refractivity contribution in [2.45, 2.75) is 52.7 Å². The summed E-state index contributed by atoms with van der Waals surface area (Å²) in [4.78, 5) is 14.3. The molecular formula is C15H27N3O2. The zero-order valence-electron chi connectivity index (χ0n) is 13.1. The van der Waals surface area contributed by atoms with E-state index in [9.17, 15) is 4.79 Å². The van der Waals surface area contributed by atoms with Gasteiger partial charge in [0.2, 0.25) is 5.91 Å². The number of nitriles is 1. The van der Waals surface area contributed by atoms with Crippen molar-refractivity contribution < 1.29 is 9.53 Å². The van der Waals surface area contributed by atoms with Gasteiger partial charge >= 0.3 is 0 Å². The number of nitrogens with one attached hydrogen (secondary N) is 1. The maximum Gasteiger partial charge on any atom is 0.240 e. The Kier molecular flexibility index (Phi) is 6.44. The van der Waals surface area contributed by atoms with Crippen LogP contribution in [-0.2, 0) is 9.53 Å². The van der Waals surface area contributed by atoms with E-state index in [1.165, 1.54) is 0 Å². The molecule has 0 bridgehead atoms. The molecular weight excluding hydrogens is 254 g/mol. The minimum atomic E-state index is -0.942. The molecule has 1 aliphatic rings. The van der Waals surface area contributed by atoms with Gasteiger partial charge < -0.3 is 15.0 Å². The summed E-state index contributed by atoms with van der Waals surface area (Å²) in [6.07, 6.45) is 2.16. The van der Waals surface area contributed by atoms with Crippen LogP contribution in [0.1, 0.15) is 40.5 Å². The molecule has 1 fully saturated rings. The Morgan fingerprint density at radius 2 is 2.05 bits per heavy atom. The predicted octanol–water partition coefficient (Wildman–Crippen LogP) is 1.54. The molecule has 0 aromatic heterocycles. The lowest BCUT2D eigenvalue weighted by atomic mass is 9.93. The van der Waals surface area contributed by atoms with E-state index in [0.717, 1.165) is 39.1 Å². The second-order valence-electron chi connectivity index (χ2n) is 6.25. The molecule has 1 rings (SSSR count). The molecule has 5 heteroatoms. The number of carbonyl (C=O) groups is 1. The summed E-state index contributed by atoms with van der Waals surface area (Å²) in [7, 11) is 0. The highest BCUT2D eigenvalue weighted by molar-refractivity contribution is 5.84. The SMILES string of the molecule is CC(C)OCCN1CCC(NC(=O)C(C)(C)C#N)CC1. The summed E-state index contributed by atoms with van der Waals surface area (Å²) in [5.74, 6) is -0.165. The number of piperidine rings is 1. The van der Waals surface area contributed by atoms with Gasteiger partial charge in [0.05, 0.1) is 18.8 Å². The van der Waals surface area contributed by atoms with E-state index in [-0.39, 0.29) is 18.1 Å². The van der Waals surface area contributed by atoms with Crippen molar-refractivity contribution >= 4 is 5.91 Å². The second-order valence-corrected chi connectivity index (χ2v) is 6.25. The standard InChI is InChI=1S/C15H27N3O2/c1-12(2)20-10-9-18-7-5-13(6-8-18)17-14(19)15(3,4)11-16/h12-13H,5-10H2,1-4H3,(H,17,19). The summed E-state index contributed by atoms with van der Waals surface area (Å²) in [6, 6.07) is 2.23. The van der Waals surface area contributed by atoms with E-state index in [2.05, 4.69) is 10.2 Å². The monoisotopic (exact) mass is 281 g/mol. The molecule has 0 spiro atoms. The van der Waals surface area contributed by atoms with Crippen LogP contribution in [-0.4, -0.2) is 49.2 Å². The topological polar surface area (TPSA) is 65.4 Å². The molecule has 20 heavy (non-hydrogen) atoms. The van der Waals surface area contributed by atoms with E-state index in [0.29, 0.717) is 0 Å². The molecule has 1 heterocycles. The second kappa shape index (κ2) is 7.61. The van der Waals surface area contributed by atoms with Crippen molar-refractivity contribution in [3.05, 3.63) is 0 Å². The Morgan fingerprint density at radius 3 is 2.55 bits per heavy atom. The minimum Gasteiger partial charge on any atom is -0.377 e. The Hall–Kier alpha value is -1.12. The van der Waals surface area contributed by atoms with Gasteiger partial charge in [-0.25, -0.2) is 0 Å². The van der Waals surface area contributed by atoms with E-state index in [1.54, 1.807) is 13.8 Å². The Bertz CT molecular complexity index is 353. The molecule has 1 saturated heterocycles.